The van der Waals surface area contributed by atoms with Crippen LogP contribution in [0.2, 0.25) is 0 Å². The maximum Gasteiger partial charge on any atom is 0.321 e. The Labute approximate surface area is 206 Å². The Morgan fingerprint density at radius 3 is 2.29 bits per heavy atom. The highest BCUT2D eigenvalue weighted by atomic mass is 32.2. The molecule has 2 fully saturated rings. The molecule has 2 aromatic rings. The van der Waals surface area contributed by atoms with Crippen molar-refractivity contribution < 1.29 is 22.7 Å². The van der Waals surface area contributed by atoms with Crippen molar-refractivity contribution in [1.29, 1.82) is 0 Å². The van der Waals surface area contributed by atoms with Crippen LogP contribution in [0.25, 0.3) is 0 Å². The van der Waals surface area contributed by atoms with Crippen molar-refractivity contribution in [3.8, 4) is 5.75 Å². The Morgan fingerprint density at radius 1 is 0.971 bits per heavy atom. The molecule has 2 N–H and O–H groups in total. The summed E-state index contributed by atoms with van der Waals surface area (Å²) in [6, 6.07) is 13.2. The molecule has 2 heterocycles. The van der Waals surface area contributed by atoms with Gasteiger partial charge in [0.2, 0.25) is 10.0 Å². The lowest BCUT2D eigenvalue weighted by molar-refractivity contribution is 0.0938. The third-order valence-corrected chi connectivity index (χ3v) is 8.53. The van der Waals surface area contributed by atoms with E-state index in [1.54, 1.807) is 36.3 Å². The molecule has 0 spiro atoms. The lowest BCUT2D eigenvalue weighted by Crippen LogP contribution is -2.43. The van der Waals surface area contributed by atoms with Crippen LogP contribution >= 0.6 is 0 Å². The summed E-state index contributed by atoms with van der Waals surface area (Å²) in [7, 11) is -1.92. The van der Waals surface area contributed by atoms with Crippen molar-refractivity contribution in [1.82, 2.24) is 14.5 Å². The average molecular weight is 501 g/mol. The smallest absolute Gasteiger partial charge is 0.321 e. The molecular weight excluding hydrogens is 468 g/mol. The number of nitrogens with one attached hydrogen (secondary N) is 2. The number of anilines is 1. The van der Waals surface area contributed by atoms with Crippen molar-refractivity contribution >= 4 is 27.6 Å². The Morgan fingerprint density at radius 2 is 1.63 bits per heavy atom. The van der Waals surface area contributed by atoms with Gasteiger partial charge in [-0.15, -0.1) is 0 Å². The zero-order chi connectivity index (χ0) is 24.8. The van der Waals surface area contributed by atoms with Gasteiger partial charge in [0.1, 0.15) is 5.75 Å². The Bertz CT molecular complexity index is 1140. The van der Waals surface area contributed by atoms with E-state index in [9.17, 15) is 18.0 Å². The van der Waals surface area contributed by atoms with Crippen LogP contribution in [0.4, 0.5) is 10.5 Å². The maximum absolute atomic E-state index is 12.6. The molecule has 10 heteroatoms. The minimum atomic E-state index is -3.49. The number of piperidine rings is 1. The summed E-state index contributed by atoms with van der Waals surface area (Å²) < 4.78 is 32.1. The molecule has 2 saturated heterocycles. The van der Waals surface area contributed by atoms with E-state index in [0.29, 0.717) is 49.7 Å². The molecule has 3 amide bonds. The summed E-state index contributed by atoms with van der Waals surface area (Å²) in [4.78, 5) is 27.2. The lowest BCUT2D eigenvalue weighted by Gasteiger charge is -2.32. The first-order valence-corrected chi connectivity index (χ1v) is 13.4. The first-order chi connectivity index (χ1) is 16.9. The molecule has 0 atom stereocenters. The molecule has 2 aliphatic rings. The number of hydrogen-bond donors (Lipinski definition) is 2. The second-order valence-electron chi connectivity index (χ2n) is 8.91. The van der Waals surface area contributed by atoms with Gasteiger partial charge in [0.25, 0.3) is 5.91 Å². The van der Waals surface area contributed by atoms with Crippen LogP contribution in [-0.2, 0) is 10.0 Å². The molecule has 9 nitrogen and oxygen atoms in total. The zero-order valence-electron chi connectivity index (χ0n) is 19.9. The van der Waals surface area contributed by atoms with Gasteiger partial charge in [-0.1, -0.05) is 12.1 Å². The van der Waals surface area contributed by atoms with E-state index < -0.39 is 10.0 Å². The van der Waals surface area contributed by atoms with E-state index in [1.807, 2.05) is 12.1 Å². The van der Waals surface area contributed by atoms with Crippen molar-refractivity contribution in [3.05, 3.63) is 54.1 Å². The molecule has 2 aliphatic heterocycles. The van der Waals surface area contributed by atoms with E-state index in [0.717, 1.165) is 25.7 Å². The normalized spacial score (nSPS) is 17.2. The number of hydrogen-bond acceptors (Lipinski definition) is 5. The van der Waals surface area contributed by atoms with Crippen molar-refractivity contribution in [3.63, 3.8) is 0 Å². The molecule has 0 saturated carbocycles. The van der Waals surface area contributed by atoms with E-state index in [1.165, 1.54) is 16.4 Å². The van der Waals surface area contributed by atoms with Gasteiger partial charge in [0.05, 0.1) is 17.7 Å². The highest BCUT2D eigenvalue weighted by Gasteiger charge is 2.27. The SMILES string of the molecule is COc1ccccc1NC(=O)N1CCC(CNC(=O)c2ccc(S(=O)(=O)N3CCCC3)cc2)CC1. The highest BCUT2D eigenvalue weighted by molar-refractivity contribution is 7.89. The third-order valence-electron chi connectivity index (χ3n) is 6.62. The predicted molar refractivity (Wildman–Crippen MR) is 133 cm³/mol. The minimum absolute atomic E-state index is 0.166. The molecule has 0 bridgehead atoms. The fourth-order valence-electron chi connectivity index (χ4n) is 4.48. The average Bonchev–Trinajstić information content (AvgIpc) is 3.44. The van der Waals surface area contributed by atoms with Crippen LogP contribution in [0.15, 0.2) is 53.4 Å². The standard InChI is InChI=1S/C25H32N4O5S/c1-34-23-7-3-2-6-22(23)27-25(31)28-16-12-19(13-17-28)18-26-24(30)20-8-10-21(11-9-20)35(32,33)29-14-4-5-15-29/h2-3,6-11,19H,4-5,12-18H2,1H3,(H,26,30)(H,27,31). The summed E-state index contributed by atoms with van der Waals surface area (Å²) in [6.45, 7) is 2.81. The minimum Gasteiger partial charge on any atom is -0.495 e. The summed E-state index contributed by atoms with van der Waals surface area (Å²) in [5, 5.41) is 5.84. The number of likely N-dealkylation sites (tertiary alicyclic amines) is 1. The molecule has 188 valence electrons. The van der Waals surface area contributed by atoms with Gasteiger partial charge in [-0.2, -0.15) is 4.31 Å². The number of benzene rings is 2. The second kappa shape index (κ2) is 11.1. The first-order valence-electron chi connectivity index (χ1n) is 12.0. The van der Waals surface area contributed by atoms with Gasteiger partial charge in [0, 0.05) is 38.3 Å². The molecular formula is C25H32N4O5S. The van der Waals surface area contributed by atoms with Crippen molar-refractivity contribution in [2.45, 2.75) is 30.6 Å². The number of methoxy groups -OCH3 is 1. The number of ether oxygens (including phenoxy) is 1. The fraction of sp³-hybridized carbons (Fsp3) is 0.440. The number of carbonyl (C=O) groups is 2. The van der Waals surface area contributed by atoms with Gasteiger partial charge in [-0.3, -0.25) is 4.79 Å². The van der Waals surface area contributed by atoms with Crippen LogP contribution in [-0.4, -0.2) is 69.4 Å². The number of urea groups is 1. The number of carbonyl (C=O) groups excluding carboxylic acids is 2. The summed E-state index contributed by atoms with van der Waals surface area (Å²) in [6.07, 6.45) is 3.33. The van der Waals surface area contributed by atoms with Gasteiger partial charge < -0.3 is 20.3 Å². The Kier molecular flexibility index (Phi) is 7.92. The number of para-hydroxylation sites is 2. The molecule has 0 radical (unpaired) electrons. The summed E-state index contributed by atoms with van der Waals surface area (Å²) in [5.41, 5.74) is 1.06. The van der Waals surface area contributed by atoms with Crippen LogP contribution in [0.1, 0.15) is 36.0 Å². The maximum atomic E-state index is 12.6. The molecule has 0 aromatic heterocycles. The third kappa shape index (κ3) is 5.94. The summed E-state index contributed by atoms with van der Waals surface area (Å²) in [5.74, 6) is 0.649. The zero-order valence-corrected chi connectivity index (χ0v) is 20.7. The molecule has 2 aromatic carbocycles. The molecule has 0 unspecified atom stereocenters. The number of nitrogens with zero attached hydrogens (tertiary/aromatic N) is 2. The van der Waals surface area contributed by atoms with E-state index in [-0.39, 0.29) is 22.8 Å². The fourth-order valence-corrected chi connectivity index (χ4v) is 5.99. The number of rotatable bonds is 7. The first kappa shape index (κ1) is 25.0. The van der Waals surface area contributed by atoms with Crippen LogP contribution in [0.3, 0.4) is 0 Å². The summed E-state index contributed by atoms with van der Waals surface area (Å²) >= 11 is 0. The largest absolute Gasteiger partial charge is 0.495 e. The van der Waals surface area contributed by atoms with Gasteiger partial charge in [-0.05, 0) is 68.0 Å². The molecule has 35 heavy (non-hydrogen) atoms. The monoisotopic (exact) mass is 500 g/mol. The van der Waals surface area contributed by atoms with E-state index >= 15 is 0 Å². The Balaban J connectivity index is 1.23. The van der Waals surface area contributed by atoms with Crippen molar-refractivity contribution in [2.75, 3.05) is 45.2 Å². The van der Waals surface area contributed by atoms with Gasteiger partial charge in [-0.25, -0.2) is 13.2 Å². The van der Waals surface area contributed by atoms with Crippen LogP contribution in [0.5, 0.6) is 5.75 Å². The molecule has 4 rings (SSSR count). The number of amides is 3. The quantitative estimate of drug-likeness (QED) is 0.607. The van der Waals surface area contributed by atoms with Gasteiger partial charge >= 0.3 is 6.03 Å². The topological polar surface area (TPSA) is 108 Å². The van der Waals surface area contributed by atoms with E-state index in [2.05, 4.69) is 10.6 Å². The van der Waals surface area contributed by atoms with Gasteiger partial charge in [0.15, 0.2) is 0 Å². The predicted octanol–water partition coefficient (Wildman–Crippen LogP) is 3.15. The van der Waals surface area contributed by atoms with E-state index in [4.69, 9.17) is 4.74 Å². The lowest BCUT2D eigenvalue weighted by atomic mass is 9.97. The van der Waals surface area contributed by atoms with Crippen LogP contribution < -0.4 is 15.4 Å². The highest BCUT2D eigenvalue weighted by Crippen LogP contribution is 2.25. The van der Waals surface area contributed by atoms with Crippen molar-refractivity contribution in [2.24, 2.45) is 5.92 Å². The van der Waals surface area contributed by atoms with Crippen LogP contribution in [0, 0.1) is 5.92 Å². The second-order valence-corrected chi connectivity index (χ2v) is 10.8. The molecule has 0 aliphatic carbocycles. The Hall–Kier alpha value is -3.11. The number of sulfonamides is 1.